The lowest BCUT2D eigenvalue weighted by Crippen LogP contribution is -2.26. The molecular weight excluding hydrogens is 449 g/mol. The lowest BCUT2D eigenvalue weighted by atomic mass is 10.2. The van der Waals surface area contributed by atoms with E-state index in [2.05, 4.69) is 15.5 Å². The molecule has 1 unspecified atom stereocenters. The van der Waals surface area contributed by atoms with E-state index in [9.17, 15) is 14.0 Å². The van der Waals surface area contributed by atoms with Crippen LogP contribution in [-0.2, 0) is 16.2 Å². The lowest BCUT2D eigenvalue weighted by Gasteiger charge is -2.14. The number of halogens is 2. The Kier molecular flexibility index (Phi) is 7.48. The molecule has 3 rings (SSSR count). The van der Waals surface area contributed by atoms with E-state index in [1.807, 2.05) is 0 Å². The monoisotopic (exact) mass is 465 g/mol. The largest absolute Gasteiger partial charge is 0.493 e. The molecule has 162 valence electrons. The fraction of sp³-hybridized carbons (Fsp3) is 0.200. The van der Waals surface area contributed by atoms with E-state index in [4.69, 9.17) is 26.2 Å². The van der Waals surface area contributed by atoms with Crippen LogP contribution in [0.15, 0.2) is 46.6 Å². The number of carbonyl (C=O) groups is 2. The Morgan fingerprint density at radius 1 is 1.35 bits per heavy atom. The van der Waals surface area contributed by atoms with Gasteiger partial charge in [-0.15, -0.1) is 5.10 Å². The van der Waals surface area contributed by atoms with Gasteiger partial charge in [-0.3, -0.25) is 9.59 Å². The summed E-state index contributed by atoms with van der Waals surface area (Å²) in [5.74, 6) is -1.30. The highest BCUT2D eigenvalue weighted by Gasteiger charge is 2.32. The van der Waals surface area contributed by atoms with Crippen molar-refractivity contribution in [1.82, 2.24) is 5.32 Å². The Hall–Kier alpha value is -3.11. The van der Waals surface area contributed by atoms with Gasteiger partial charge in [-0.1, -0.05) is 35.5 Å². The summed E-state index contributed by atoms with van der Waals surface area (Å²) < 4.78 is 25.1. The maximum atomic E-state index is 14.0. The third-order valence-electron chi connectivity index (χ3n) is 4.13. The Morgan fingerprint density at radius 2 is 2.13 bits per heavy atom. The Bertz CT molecular complexity index is 1040. The molecule has 0 radical (unpaired) electrons. The van der Waals surface area contributed by atoms with E-state index in [1.54, 1.807) is 24.3 Å². The van der Waals surface area contributed by atoms with Gasteiger partial charge in [0.25, 0.3) is 0 Å². The van der Waals surface area contributed by atoms with E-state index in [0.29, 0.717) is 17.1 Å². The second-order valence-electron chi connectivity index (χ2n) is 6.21. The van der Waals surface area contributed by atoms with E-state index in [0.717, 1.165) is 11.8 Å². The highest BCUT2D eigenvalue weighted by molar-refractivity contribution is 8.15. The van der Waals surface area contributed by atoms with Crippen LogP contribution >= 0.6 is 23.4 Å². The topological polar surface area (TPSA) is 110 Å². The molecular formula is C20H17ClFN3O5S. The van der Waals surface area contributed by atoms with Crippen LogP contribution in [0.1, 0.15) is 17.5 Å². The van der Waals surface area contributed by atoms with E-state index in [-0.39, 0.29) is 28.8 Å². The Morgan fingerprint density at radius 3 is 2.84 bits per heavy atom. The van der Waals surface area contributed by atoms with Crippen molar-refractivity contribution in [1.29, 1.82) is 0 Å². The molecule has 2 aromatic rings. The zero-order valence-corrected chi connectivity index (χ0v) is 17.7. The van der Waals surface area contributed by atoms with E-state index in [1.165, 1.54) is 25.5 Å². The average Bonchev–Trinajstić information content (AvgIpc) is 3.06. The van der Waals surface area contributed by atoms with Crippen molar-refractivity contribution in [2.75, 3.05) is 7.11 Å². The van der Waals surface area contributed by atoms with E-state index >= 15 is 0 Å². The summed E-state index contributed by atoms with van der Waals surface area (Å²) in [5.41, 5.74) is 0.695. The van der Waals surface area contributed by atoms with Crippen LogP contribution in [0.25, 0.3) is 0 Å². The van der Waals surface area contributed by atoms with Crippen molar-refractivity contribution in [3.63, 3.8) is 0 Å². The minimum absolute atomic E-state index is 0.135. The summed E-state index contributed by atoms with van der Waals surface area (Å²) in [6, 6.07) is 9.43. The molecule has 31 heavy (non-hydrogen) atoms. The predicted molar refractivity (Wildman–Crippen MR) is 116 cm³/mol. The van der Waals surface area contributed by atoms with Crippen molar-refractivity contribution < 1.29 is 28.6 Å². The van der Waals surface area contributed by atoms with Gasteiger partial charge in [0.1, 0.15) is 17.7 Å². The molecule has 1 atom stereocenters. The van der Waals surface area contributed by atoms with Crippen LogP contribution in [0, 0.1) is 5.82 Å². The molecule has 1 heterocycles. The number of nitrogens with one attached hydrogen (secondary N) is 1. The molecule has 0 bridgehead atoms. The number of carboxylic acids is 1. The molecule has 1 amide bonds. The number of carbonyl (C=O) groups excluding carboxylic acids is 1. The normalized spacial score (nSPS) is 17.2. The number of carboxylic acid groups (broad SMARTS) is 1. The van der Waals surface area contributed by atoms with Crippen LogP contribution in [0.2, 0.25) is 5.02 Å². The van der Waals surface area contributed by atoms with Crippen molar-refractivity contribution >= 4 is 46.6 Å². The number of aliphatic carboxylic acids is 1. The van der Waals surface area contributed by atoms with Gasteiger partial charge >= 0.3 is 5.97 Å². The highest BCUT2D eigenvalue weighted by Crippen LogP contribution is 2.32. The molecule has 2 N–H and O–H groups in total. The molecule has 2 aromatic carbocycles. The summed E-state index contributed by atoms with van der Waals surface area (Å²) in [5, 5.41) is 18.8. The first-order chi connectivity index (χ1) is 14.9. The average molecular weight is 466 g/mol. The number of methoxy groups -OCH3 is 1. The number of amides is 1. The minimum atomic E-state index is -1.08. The van der Waals surface area contributed by atoms with Gasteiger partial charge in [0.2, 0.25) is 5.91 Å². The third kappa shape index (κ3) is 5.74. The number of amidine groups is 1. The number of rotatable bonds is 8. The molecule has 0 spiro atoms. The number of benzene rings is 2. The van der Waals surface area contributed by atoms with Crippen LogP contribution in [-0.4, -0.2) is 40.7 Å². The number of para-hydroxylation sites is 1. The minimum Gasteiger partial charge on any atom is -0.493 e. The molecule has 1 saturated heterocycles. The van der Waals surface area contributed by atoms with E-state index < -0.39 is 22.9 Å². The van der Waals surface area contributed by atoms with Gasteiger partial charge in [-0.2, -0.15) is 5.10 Å². The number of hydrogen-bond acceptors (Lipinski definition) is 7. The highest BCUT2D eigenvalue weighted by atomic mass is 35.5. The van der Waals surface area contributed by atoms with Crippen molar-refractivity contribution in [2.24, 2.45) is 10.2 Å². The molecule has 0 aliphatic carbocycles. The van der Waals surface area contributed by atoms with Gasteiger partial charge in [-0.05, 0) is 24.3 Å². The Labute approximate surface area is 186 Å². The zero-order valence-electron chi connectivity index (χ0n) is 16.2. The SMILES string of the molecule is COc1cccc(C=NN=C2NC(=O)C(CC(=O)O)S2)c1OCc1c(F)cccc1Cl. The summed E-state index contributed by atoms with van der Waals surface area (Å²) in [7, 11) is 1.46. The molecule has 1 aliphatic heterocycles. The maximum absolute atomic E-state index is 14.0. The van der Waals surface area contributed by atoms with Crippen LogP contribution in [0.3, 0.4) is 0 Å². The first-order valence-corrected chi connectivity index (χ1v) is 10.2. The molecule has 1 fully saturated rings. The second kappa shape index (κ2) is 10.3. The fourth-order valence-electron chi connectivity index (χ4n) is 2.65. The zero-order chi connectivity index (χ0) is 22.4. The van der Waals surface area contributed by atoms with Crippen LogP contribution < -0.4 is 14.8 Å². The quantitative estimate of drug-likeness (QED) is 0.456. The number of ether oxygens (including phenoxy) is 2. The molecule has 1 aliphatic rings. The van der Waals surface area contributed by atoms with Gasteiger partial charge in [0.15, 0.2) is 16.7 Å². The first kappa shape index (κ1) is 22.6. The van der Waals surface area contributed by atoms with Crippen molar-refractivity contribution in [3.05, 3.63) is 58.4 Å². The fourth-order valence-corrected chi connectivity index (χ4v) is 3.79. The van der Waals surface area contributed by atoms with Crippen LogP contribution in [0.5, 0.6) is 11.5 Å². The number of hydrogen-bond donors (Lipinski definition) is 2. The van der Waals surface area contributed by atoms with Crippen LogP contribution in [0.4, 0.5) is 4.39 Å². The summed E-state index contributed by atoms with van der Waals surface area (Å²) in [6.07, 6.45) is 1.07. The molecule has 11 heteroatoms. The Balaban J connectivity index is 1.77. The van der Waals surface area contributed by atoms with Gasteiger partial charge in [-0.25, -0.2) is 4.39 Å². The first-order valence-electron chi connectivity index (χ1n) is 8.92. The van der Waals surface area contributed by atoms with Crippen molar-refractivity contribution in [2.45, 2.75) is 18.3 Å². The lowest BCUT2D eigenvalue weighted by molar-refractivity contribution is -0.138. The maximum Gasteiger partial charge on any atom is 0.305 e. The molecule has 0 saturated carbocycles. The summed E-state index contributed by atoms with van der Waals surface area (Å²) in [6.45, 7) is -0.135. The van der Waals surface area contributed by atoms with Gasteiger partial charge < -0.3 is 19.9 Å². The molecule has 8 nitrogen and oxygen atoms in total. The van der Waals surface area contributed by atoms with Crippen molar-refractivity contribution in [3.8, 4) is 11.5 Å². The summed E-state index contributed by atoms with van der Waals surface area (Å²) >= 11 is 7.04. The third-order valence-corrected chi connectivity index (χ3v) is 5.56. The molecule has 0 aromatic heterocycles. The predicted octanol–water partition coefficient (Wildman–Crippen LogP) is 3.46. The standard InChI is InChI=1S/C20H17ClFN3O5S/c1-29-15-7-2-4-11(18(15)30-10-12-13(21)5-3-6-14(12)22)9-23-25-20-24-19(28)16(31-20)8-17(26)27/h2-7,9,16H,8,10H2,1H3,(H,26,27)(H,24,25,28). The summed E-state index contributed by atoms with van der Waals surface area (Å²) in [4.78, 5) is 22.6. The second-order valence-corrected chi connectivity index (χ2v) is 7.81. The number of nitrogens with zero attached hydrogens (tertiary/aromatic N) is 2. The van der Waals surface area contributed by atoms with Gasteiger partial charge in [0.05, 0.1) is 24.8 Å². The van der Waals surface area contributed by atoms with Gasteiger partial charge in [0, 0.05) is 11.1 Å². The smallest absolute Gasteiger partial charge is 0.305 e. The number of thioether (sulfide) groups is 1.